The van der Waals surface area contributed by atoms with Gasteiger partial charge >= 0.3 is 0 Å². The van der Waals surface area contributed by atoms with Gasteiger partial charge in [0.2, 0.25) is 11.7 Å². The molecule has 0 fully saturated rings. The van der Waals surface area contributed by atoms with Crippen LogP contribution in [0.15, 0.2) is 20.4 Å². The molecule has 0 aliphatic heterocycles. The van der Waals surface area contributed by atoms with Crippen LogP contribution < -0.4 is 5.32 Å². The van der Waals surface area contributed by atoms with Crippen LogP contribution in [-0.2, 0) is 11.3 Å². The number of nitrogens with zero attached hydrogens (tertiary/aromatic N) is 2. The molecule has 0 unspecified atom stereocenters. The normalized spacial score (nSPS) is 10.9. The summed E-state index contributed by atoms with van der Waals surface area (Å²) in [5.41, 5.74) is 0. The molecule has 5 nitrogen and oxygen atoms in total. The van der Waals surface area contributed by atoms with Crippen molar-refractivity contribution < 1.29 is 9.26 Å². The molecule has 0 atom stereocenters. The van der Waals surface area contributed by atoms with Crippen LogP contribution in [0, 0.1) is 0 Å². The molecule has 0 bridgehead atoms. The first-order valence-corrected chi connectivity index (χ1v) is 6.68. The third-order valence-corrected chi connectivity index (χ3v) is 3.64. The molecule has 0 saturated heterocycles. The molecule has 2 rings (SSSR count). The van der Waals surface area contributed by atoms with Gasteiger partial charge in [-0.2, -0.15) is 4.98 Å². The molecule has 2 aromatic rings. The first kappa shape index (κ1) is 12.7. The Hall–Kier alpha value is -0.760. The molecule has 92 valence electrons. The second-order valence-corrected chi connectivity index (χ2v) is 5.75. The minimum absolute atomic E-state index is 0.558. The quantitative estimate of drug-likeness (QED) is 0.828. The zero-order valence-electron chi connectivity index (χ0n) is 9.27. The second-order valence-electron chi connectivity index (χ2n) is 3.29. The molecule has 2 aromatic heterocycles. The van der Waals surface area contributed by atoms with Crippen molar-refractivity contribution in [3.63, 3.8) is 0 Å². The lowest BCUT2D eigenvalue weighted by molar-refractivity contribution is 0.197. The Balaban J connectivity index is 1.92. The molecule has 17 heavy (non-hydrogen) atoms. The summed E-state index contributed by atoms with van der Waals surface area (Å²) in [5, 5.41) is 7.08. The minimum atomic E-state index is 0.558. The monoisotopic (exact) mass is 317 g/mol. The molecule has 0 saturated carbocycles. The van der Waals surface area contributed by atoms with Gasteiger partial charge in [0, 0.05) is 13.7 Å². The molecule has 2 heterocycles. The van der Waals surface area contributed by atoms with Crippen molar-refractivity contribution in [2.24, 2.45) is 0 Å². The van der Waals surface area contributed by atoms with Gasteiger partial charge in [0.1, 0.15) is 0 Å². The molecule has 0 aliphatic carbocycles. The average Bonchev–Trinajstić information content (AvgIpc) is 2.93. The van der Waals surface area contributed by atoms with Crippen LogP contribution in [0.2, 0.25) is 0 Å². The van der Waals surface area contributed by atoms with Crippen molar-refractivity contribution in [1.82, 2.24) is 15.5 Å². The van der Waals surface area contributed by atoms with E-state index in [9.17, 15) is 0 Å². The molecular weight excluding hydrogens is 306 g/mol. The summed E-state index contributed by atoms with van der Waals surface area (Å²) in [6.45, 7) is 1.99. The van der Waals surface area contributed by atoms with Crippen LogP contribution in [-0.4, -0.2) is 30.4 Å². The molecule has 1 N–H and O–H groups in total. The Morgan fingerprint density at radius 3 is 3.12 bits per heavy atom. The molecule has 0 amide bonds. The smallest absolute Gasteiger partial charge is 0.240 e. The third-order valence-electron chi connectivity index (χ3n) is 2.02. The van der Waals surface area contributed by atoms with E-state index in [-0.39, 0.29) is 0 Å². The van der Waals surface area contributed by atoms with E-state index in [0.29, 0.717) is 24.9 Å². The highest BCUT2D eigenvalue weighted by Gasteiger charge is 2.09. The Labute approximate surface area is 111 Å². The van der Waals surface area contributed by atoms with Crippen molar-refractivity contribution in [1.29, 1.82) is 0 Å². The number of hydrogen-bond acceptors (Lipinski definition) is 6. The fraction of sp³-hybridized carbons (Fsp3) is 0.400. The number of methoxy groups -OCH3 is 1. The number of rotatable bonds is 6. The number of thiophene rings is 1. The standard InChI is InChI=1S/C10H12BrN3O2S/c1-15-5-4-12-6-9-13-10(14-16-9)7-2-3-8(11)17-7/h2-3,12H,4-6H2,1H3. The van der Waals surface area contributed by atoms with Gasteiger partial charge in [0.15, 0.2) is 0 Å². The maximum Gasteiger partial charge on any atom is 0.240 e. The average molecular weight is 318 g/mol. The van der Waals surface area contributed by atoms with Crippen LogP contribution >= 0.6 is 27.3 Å². The summed E-state index contributed by atoms with van der Waals surface area (Å²) < 4.78 is 11.1. The van der Waals surface area contributed by atoms with Crippen LogP contribution in [0.5, 0.6) is 0 Å². The van der Waals surface area contributed by atoms with Gasteiger partial charge in [-0.25, -0.2) is 0 Å². The minimum Gasteiger partial charge on any atom is -0.383 e. The summed E-state index contributed by atoms with van der Waals surface area (Å²) in [6, 6.07) is 3.93. The fourth-order valence-corrected chi connectivity index (χ4v) is 2.54. The number of halogens is 1. The van der Waals surface area contributed by atoms with Gasteiger partial charge in [0.25, 0.3) is 0 Å². The van der Waals surface area contributed by atoms with E-state index in [4.69, 9.17) is 9.26 Å². The lowest BCUT2D eigenvalue weighted by Crippen LogP contribution is -2.18. The van der Waals surface area contributed by atoms with E-state index in [1.807, 2.05) is 12.1 Å². The van der Waals surface area contributed by atoms with E-state index in [0.717, 1.165) is 15.2 Å². The van der Waals surface area contributed by atoms with Crippen LogP contribution in [0.25, 0.3) is 10.7 Å². The SMILES string of the molecule is COCCNCc1nc(-c2ccc(Br)s2)no1. The van der Waals surface area contributed by atoms with E-state index in [1.54, 1.807) is 18.4 Å². The predicted molar refractivity (Wildman–Crippen MR) is 68.9 cm³/mol. The van der Waals surface area contributed by atoms with Gasteiger partial charge in [-0.1, -0.05) is 5.16 Å². The lowest BCUT2D eigenvalue weighted by Gasteiger charge is -1.98. The van der Waals surface area contributed by atoms with E-state index in [2.05, 4.69) is 31.4 Å². The molecule has 0 aromatic carbocycles. The topological polar surface area (TPSA) is 60.2 Å². The summed E-state index contributed by atoms with van der Waals surface area (Å²) in [7, 11) is 1.67. The van der Waals surface area contributed by atoms with Crippen molar-refractivity contribution in [2.45, 2.75) is 6.54 Å². The lowest BCUT2D eigenvalue weighted by atomic mass is 10.4. The van der Waals surface area contributed by atoms with Gasteiger partial charge in [-0.15, -0.1) is 11.3 Å². The molecule has 0 radical (unpaired) electrons. The zero-order valence-corrected chi connectivity index (χ0v) is 11.7. The largest absolute Gasteiger partial charge is 0.383 e. The Bertz CT molecular complexity index is 472. The molecule has 0 aliphatic rings. The van der Waals surface area contributed by atoms with Crippen LogP contribution in [0.1, 0.15) is 5.89 Å². The first-order chi connectivity index (χ1) is 8.29. The number of ether oxygens (including phenoxy) is 1. The van der Waals surface area contributed by atoms with E-state index in [1.165, 1.54) is 0 Å². The van der Waals surface area contributed by atoms with Crippen LogP contribution in [0.3, 0.4) is 0 Å². The second kappa shape index (κ2) is 6.25. The predicted octanol–water partition coefficient (Wildman–Crippen LogP) is 2.30. The highest BCUT2D eigenvalue weighted by atomic mass is 79.9. The summed E-state index contributed by atoms with van der Waals surface area (Å²) in [6.07, 6.45) is 0. The zero-order chi connectivity index (χ0) is 12.1. The van der Waals surface area contributed by atoms with Crippen molar-refractivity contribution >= 4 is 27.3 Å². The highest BCUT2D eigenvalue weighted by Crippen LogP contribution is 2.29. The van der Waals surface area contributed by atoms with Gasteiger partial charge in [-0.3, -0.25) is 0 Å². The van der Waals surface area contributed by atoms with Gasteiger partial charge < -0.3 is 14.6 Å². The molecule has 7 heteroatoms. The highest BCUT2D eigenvalue weighted by molar-refractivity contribution is 9.11. The Kier molecular flexibility index (Phi) is 4.66. The van der Waals surface area contributed by atoms with Gasteiger partial charge in [-0.05, 0) is 28.1 Å². The Morgan fingerprint density at radius 2 is 2.41 bits per heavy atom. The van der Waals surface area contributed by atoms with Crippen molar-refractivity contribution in [3.05, 3.63) is 21.8 Å². The van der Waals surface area contributed by atoms with Gasteiger partial charge in [0.05, 0.1) is 21.8 Å². The summed E-state index contributed by atoms with van der Waals surface area (Å²) in [5.74, 6) is 1.21. The number of nitrogens with one attached hydrogen (secondary N) is 1. The fourth-order valence-electron chi connectivity index (χ4n) is 1.23. The van der Waals surface area contributed by atoms with Crippen molar-refractivity contribution in [2.75, 3.05) is 20.3 Å². The molecule has 0 spiro atoms. The third kappa shape index (κ3) is 3.60. The van der Waals surface area contributed by atoms with Crippen LogP contribution in [0.4, 0.5) is 0 Å². The van der Waals surface area contributed by atoms with Crippen molar-refractivity contribution in [3.8, 4) is 10.7 Å². The maximum absolute atomic E-state index is 5.14. The number of aromatic nitrogens is 2. The first-order valence-electron chi connectivity index (χ1n) is 5.07. The summed E-state index contributed by atoms with van der Waals surface area (Å²) >= 11 is 4.98. The summed E-state index contributed by atoms with van der Waals surface area (Å²) in [4.78, 5) is 5.29. The Morgan fingerprint density at radius 1 is 1.53 bits per heavy atom. The maximum atomic E-state index is 5.14. The van der Waals surface area contributed by atoms with E-state index < -0.39 is 0 Å². The molecular formula is C10H12BrN3O2S. The number of hydrogen-bond donors (Lipinski definition) is 1. The van der Waals surface area contributed by atoms with E-state index >= 15 is 0 Å².